The lowest BCUT2D eigenvalue weighted by molar-refractivity contribution is -0.117. The van der Waals surface area contributed by atoms with Gasteiger partial charge in [0.15, 0.2) is 12.0 Å². The molecular weight excluding hydrogens is 218 g/mol. The predicted molar refractivity (Wildman–Crippen MR) is 63.5 cm³/mol. The van der Waals surface area contributed by atoms with E-state index in [1.807, 2.05) is 18.2 Å². The first kappa shape index (κ1) is 10.3. The van der Waals surface area contributed by atoms with Crippen molar-refractivity contribution < 1.29 is 9.21 Å². The maximum Gasteiger partial charge on any atom is 0.227 e. The lowest BCUT2D eigenvalue weighted by Gasteiger charge is -2.16. The third-order valence-corrected chi connectivity index (χ3v) is 3.17. The fraction of sp³-hybridized carbons (Fsp3) is 0.333. The van der Waals surface area contributed by atoms with Gasteiger partial charge in [-0.1, -0.05) is 6.07 Å². The Morgan fingerprint density at radius 2 is 2.41 bits per heavy atom. The molecule has 1 saturated heterocycles. The summed E-state index contributed by atoms with van der Waals surface area (Å²) < 4.78 is 5.23. The first-order chi connectivity index (χ1) is 8.29. The van der Waals surface area contributed by atoms with Crippen molar-refractivity contribution in [2.45, 2.75) is 6.42 Å². The average Bonchev–Trinajstić information content (AvgIpc) is 2.94. The molecule has 2 aromatic rings. The number of anilines is 1. The smallest absolute Gasteiger partial charge is 0.227 e. The average molecular weight is 231 g/mol. The van der Waals surface area contributed by atoms with E-state index in [1.54, 1.807) is 4.90 Å². The van der Waals surface area contributed by atoms with Crippen molar-refractivity contribution in [2.75, 3.05) is 18.0 Å². The molecule has 1 unspecified atom stereocenters. The molecular formula is C12H13N3O2. The number of carbonyl (C=O) groups is 1. The number of carbonyl (C=O) groups excluding carboxylic acids is 1. The Morgan fingerprint density at radius 3 is 3.18 bits per heavy atom. The van der Waals surface area contributed by atoms with Gasteiger partial charge in [0.1, 0.15) is 5.52 Å². The van der Waals surface area contributed by atoms with Gasteiger partial charge in [-0.25, -0.2) is 4.98 Å². The van der Waals surface area contributed by atoms with E-state index >= 15 is 0 Å². The van der Waals surface area contributed by atoms with Crippen LogP contribution < -0.4 is 10.6 Å². The van der Waals surface area contributed by atoms with Crippen LogP contribution in [0.4, 0.5) is 5.69 Å². The van der Waals surface area contributed by atoms with Crippen LogP contribution in [0.5, 0.6) is 0 Å². The molecule has 1 aromatic heterocycles. The second-order valence-electron chi connectivity index (χ2n) is 4.29. The Labute approximate surface area is 98.2 Å². The predicted octanol–water partition coefficient (Wildman–Crippen LogP) is 1.14. The molecule has 2 heterocycles. The fourth-order valence-corrected chi connectivity index (χ4v) is 2.26. The van der Waals surface area contributed by atoms with Gasteiger partial charge in [0.05, 0.1) is 5.69 Å². The number of benzene rings is 1. The summed E-state index contributed by atoms with van der Waals surface area (Å²) in [6.45, 7) is 1.21. The molecule has 1 aromatic carbocycles. The third-order valence-electron chi connectivity index (χ3n) is 3.17. The summed E-state index contributed by atoms with van der Waals surface area (Å²) in [7, 11) is 0. The summed E-state index contributed by atoms with van der Waals surface area (Å²) in [6, 6.07) is 5.60. The maximum atomic E-state index is 11.9. The van der Waals surface area contributed by atoms with E-state index in [1.165, 1.54) is 6.39 Å². The largest absolute Gasteiger partial charge is 0.443 e. The van der Waals surface area contributed by atoms with E-state index in [4.69, 9.17) is 10.2 Å². The fourth-order valence-electron chi connectivity index (χ4n) is 2.26. The van der Waals surface area contributed by atoms with Crippen molar-refractivity contribution in [3.8, 4) is 0 Å². The summed E-state index contributed by atoms with van der Waals surface area (Å²) in [6.07, 6.45) is 1.92. The molecule has 5 heteroatoms. The van der Waals surface area contributed by atoms with Gasteiger partial charge in [-0.3, -0.25) is 4.79 Å². The lowest BCUT2D eigenvalue weighted by atomic mass is 10.1. The second kappa shape index (κ2) is 3.85. The van der Waals surface area contributed by atoms with E-state index in [9.17, 15) is 4.79 Å². The van der Waals surface area contributed by atoms with Gasteiger partial charge >= 0.3 is 0 Å². The van der Waals surface area contributed by atoms with Crippen LogP contribution in [0.15, 0.2) is 29.0 Å². The summed E-state index contributed by atoms with van der Waals surface area (Å²) >= 11 is 0. The minimum atomic E-state index is 0.107. The minimum Gasteiger partial charge on any atom is -0.443 e. The van der Waals surface area contributed by atoms with E-state index < -0.39 is 0 Å². The molecule has 0 radical (unpaired) electrons. The van der Waals surface area contributed by atoms with Crippen LogP contribution in [0, 0.1) is 5.92 Å². The summed E-state index contributed by atoms with van der Waals surface area (Å²) in [5, 5.41) is 0. The van der Waals surface area contributed by atoms with E-state index in [0.717, 1.165) is 11.2 Å². The molecule has 1 amide bonds. The normalized spacial score (nSPS) is 20.4. The molecule has 0 spiro atoms. The number of hydrogen-bond acceptors (Lipinski definition) is 4. The van der Waals surface area contributed by atoms with Gasteiger partial charge in [0, 0.05) is 13.0 Å². The van der Waals surface area contributed by atoms with Gasteiger partial charge in [-0.2, -0.15) is 0 Å². The Hall–Kier alpha value is -1.88. The summed E-state index contributed by atoms with van der Waals surface area (Å²) in [5.41, 5.74) is 7.87. The topological polar surface area (TPSA) is 72.4 Å². The first-order valence-corrected chi connectivity index (χ1v) is 5.62. The second-order valence-corrected chi connectivity index (χ2v) is 4.29. The van der Waals surface area contributed by atoms with E-state index in [2.05, 4.69) is 4.98 Å². The van der Waals surface area contributed by atoms with Crippen molar-refractivity contribution >= 4 is 22.7 Å². The zero-order valence-corrected chi connectivity index (χ0v) is 9.30. The van der Waals surface area contributed by atoms with Crippen LogP contribution in [0.1, 0.15) is 6.42 Å². The standard InChI is InChI=1S/C12H13N3O2/c13-5-8-4-11(16)15(6-8)9-2-1-3-10-12(9)14-7-17-10/h1-3,7-8H,4-6,13H2. The number of oxazole rings is 1. The van der Waals surface area contributed by atoms with Crippen molar-refractivity contribution in [3.05, 3.63) is 24.6 Å². The summed E-state index contributed by atoms with van der Waals surface area (Å²) in [5.74, 6) is 0.348. The Kier molecular flexibility index (Phi) is 2.33. The highest BCUT2D eigenvalue weighted by molar-refractivity contribution is 6.02. The van der Waals surface area contributed by atoms with Crippen molar-refractivity contribution in [3.63, 3.8) is 0 Å². The Balaban J connectivity index is 2.04. The molecule has 1 aliphatic heterocycles. The summed E-state index contributed by atoms with van der Waals surface area (Å²) in [4.78, 5) is 17.8. The first-order valence-electron chi connectivity index (χ1n) is 5.62. The van der Waals surface area contributed by atoms with Crippen LogP contribution in [-0.4, -0.2) is 24.0 Å². The molecule has 5 nitrogen and oxygen atoms in total. The number of aromatic nitrogens is 1. The number of rotatable bonds is 2. The number of hydrogen-bond donors (Lipinski definition) is 1. The maximum absolute atomic E-state index is 11.9. The zero-order chi connectivity index (χ0) is 11.8. The molecule has 0 aliphatic carbocycles. The molecule has 0 bridgehead atoms. The zero-order valence-electron chi connectivity index (χ0n) is 9.30. The third kappa shape index (κ3) is 1.59. The monoisotopic (exact) mass is 231 g/mol. The Bertz CT molecular complexity index is 564. The van der Waals surface area contributed by atoms with Crippen molar-refractivity contribution in [2.24, 2.45) is 11.7 Å². The van der Waals surface area contributed by atoms with Crippen LogP contribution in [0.3, 0.4) is 0 Å². The highest BCUT2D eigenvalue weighted by Gasteiger charge is 2.30. The molecule has 2 N–H and O–H groups in total. The van der Waals surface area contributed by atoms with Crippen LogP contribution in [-0.2, 0) is 4.79 Å². The van der Waals surface area contributed by atoms with Crippen LogP contribution in [0.25, 0.3) is 11.1 Å². The molecule has 1 fully saturated rings. The molecule has 1 aliphatic rings. The number of nitrogens with zero attached hydrogens (tertiary/aromatic N) is 2. The molecule has 3 rings (SSSR count). The van der Waals surface area contributed by atoms with Crippen molar-refractivity contribution in [1.29, 1.82) is 0 Å². The number of fused-ring (bicyclic) bond motifs is 1. The molecule has 0 saturated carbocycles. The molecule has 17 heavy (non-hydrogen) atoms. The highest BCUT2D eigenvalue weighted by Crippen LogP contribution is 2.30. The SMILES string of the molecule is NCC1CC(=O)N(c2cccc3ocnc23)C1. The minimum absolute atomic E-state index is 0.107. The lowest BCUT2D eigenvalue weighted by Crippen LogP contribution is -2.25. The highest BCUT2D eigenvalue weighted by atomic mass is 16.3. The number of para-hydroxylation sites is 1. The van der Waals surface area contributed by atoms with Gasteiger partial charge in [0.2, 0.25) is 5.91 Å². The van der Waals surface area contributed by atoms with E-state index in [-0.39, 0.29) is 11.8 Å². The molecule has 1 atom stereocenters. The Morgan fingerprint density at radius 1 is 1.53 bits per heavy atom. The van der Waals surface area contributed by atoms with Crippen molar-refractivity contribution in [1.82, 2.24) is 4.98 Å². The van der Waals surface area contributed by atoms with Gasteiger partial charge < -0.3 is 15.1 Å². The number of amides is 1. The number of nitrogens with two attached hydrogens (primary N) is 1. The van der Waals surface area contributed by atoms with Crippen LogP contribution >= 0.6 is 0 Å². The molecule has 88 valence electrons. The van der Waals surface area contributed by atoms with Gasteiger partial charge in [-0.05, 0) is 24.6 Å². The van der Waals surface area contributed by atoms with Gasteiger partial charge in [-0.15, -0.1) is 0 Å². The quantitative estimate of drug-likeness (QED) is 0.841. The van der Waals surface area contributed by atoms with Crippen LogP contribution in [0.2, 0.25) is 0 Å². The van der Waals surface area contributed by atoms with Gasteiger partial charge in [0.25, 0.3) is 0 Å². The van der Waals surface area contributed by atoms with E-state index in [0.29, 0.717) is 25.1 Å².